The maximum atomic E-state index is 12.5. The van der Waals surface area contributed by atoms with Crippen molar-refractivity contribution in [1.82, 2.24) is 14.9 Å². The molecule has 2 heterocycles. The molecule has 0 radical (unpaired) electrons. The van der Waals surface area contributed by atoms with Gasteiger partial charge < -0.3 is 14.7 Å². The van der Waals surface area contributed by atoms with E-state index in [0.29, 0.717) is 64.8 Å². The van der Waals surface area contributed by atoms with E-state index in [1.165, 1.54) is 9.96 Å². The zero-order valence-electron chi connectivity index (χ0n) is 18.0. The first-order chi connectivity index (χ1) is 15.4. The number of rotatable bonds is 11. The summed E-state index contributed by atoms with van der Waals surface area (Å²) in [4.78, 5) is 54.9. The molecule has 0 aromatic heterocycles. The van der Waals surface area contributed by atoms with Gasteiger partial charge in [0, 0.05) is 38.9 Å². The summed E-state index contributed by atoms with van der Waals surface area (Å²) in [5.74, 6) is -1.06. The summed E-state index contributed by atoms with van der Waals surface area (Å²) in [7, 11) is 0. The van der Waals surface area contributed by atoms with E-state index >= 15 is 0 Å². The highest BCUT2D eigenvalue weighted by atomic mass is 16.7. The topological polar surface area (TPSA) is 117 Å². The van der Waals surface area contributed by atoms with E-state index < -0.39 is 17.7 Å². The lowest BCUT2D eigenvalue weighted by atomic mass is 9.91. The van der Waals surface area contributed by atoms with Gasteiger partial charge in [-0.1, -0.05) is 30.3 Å². The molecule has 32 heavy (non-hydrogen) atoms. The van der Waals surface area contributed by atoms with Crippen LogP contribution in [0.1, 0.15) is 37.7 Å². The van der Waals surface area contributed by atoms with E-state index in [-0.39, 0.29) is 19.0 Å². The summed E-state index contributed by atoms with van der Waals surface area (Å²) in [6.45, 7) is 1.51. The van der Waals surface area contributed by atoms with Crippen molar-refractivity contribution in [1.29, 1.82) is 0 Å². The fourth-order valence-electron chi connectivity index (χ4n) is 3.98. The zero-order chi connectivity index (χ0) is 23.0. The van der Waals surface area contributed by atoms with Gasteiger partial charge in [0.25, 0.3) is 0 Å². The van der Waals surface area contributed by atoms with Crippen LogP contribution in [0, 0.1) is 0 Å². The molecule has 1 aromatic carbocycles. The molecule has 1 aromatic rings. The highest BCUT2D eigenvalue weighted by molar-refractivity contribution is 5.79. The van der Waals surface area contributed by atoms with Crippen LogP contribution in [0.3, 0.4) is 0 Å². The van der Waals surface area contributed by atoms with Crippen LogP contribution in [0.25, 0.3) is 0 Å². The molecular weight excluding hydrogens is 418 g/mol. The Morgan fingerprint density at radius 2 is 1.91 bits per heavy atom. The number of carbonyl (C=O) groups is 4. The third-order valence-electron chi connectivity index (χ3n) is 5.77. The Morgan fingerprint density at radius 1 is 1.19 bits per heavy atom. The van der Waals surface area contributed by atoms with Gasteiger partial charge in [0.05, 0.1) is 6.54 Å². The fraction of sp³-hybridized carbons (Fsp3) is 0.545. The van der Waals surface area contributed by atoms with Crippen LogP contribution in [0.4, 0.5) is 4.79 Å². The van der Waals surface area contributed by atoms with E-state index in [1.54, 1.807) is 4.90 Å². The Morgan fingerprint density at radius 3 is 2.56 bits per heavy atom. The van der Waals surface area contributed by atoms with Crippen LogP contribution < -0.4 is 0 Å². The first kappa shape index (κ1) is 23.5. The number of carboxylic acid groups (broad SMARTS) is 1. The average molecular weight is 447 g/mol. The Balaban J connectivity index is 1.33. The number of unbranched alkanes of at least 4 members (excludes halogenated alkanes) is 1. The van der Waals surface area contributed by atoms with Crippen molar-refractivity contribution in [2.75, 3.05) is 32.7 Å². The van der Waals surface area contributed by atoms with Crippen LogP contribution in [-0.4, -0.2) is 82.7 Å². The number of piperidine rings is 1. The quantitative estimate of drug-likeness (QED) is 0.311. The molecular formula is C22H29N3O7. The van der Waals surface area contributed by atoms with Crippen LogP contribution in [0.5, 0.6) is 0 Å². The van der Waals surface area contributed by atoms with Gasteiger partial charge in [0.15, 0.2) is 0 Å². The number of benzene rings is 1. The molecule has 0 saturated carbocycles. The number of amides is 3. The molecule has 2 saturated heterocycles. The molecule has 3 rings (SSSR count). The standard InChI is InChI=1S/C22H29N3O7/c26-17-25(31-15-18-6-2-1-3-7-18)11-5-4-8-19(27)23-12-9-22(10-13-23)16-24(14-20(28)29)21(30)32-22/h1-3,6-7,17H,4-5,8-16H2,(H,28,29). The highest BCUT2D eigenvalue weighted by Crippen LogP contribution is 2.33. The molecule has 0 bridgehead atoms. The number of hydroxylamine groups is 2. The minimum absolute atomic E-state index is 0.0226. The fourth-order valence-corrected chi connectivity index (χ4v) is 3.98. The molecule has 3 amide bonds. The van der Waals surface area contributed by atoms with Crippen molar-refractivity contribution in [3.8, 4) is 0 Å². The second-order valence-electron chi connectivity index (χ2n) is 8.14. The first-order valence-corrected chi connectivity index (χ1v) is 10.8. The average Bonchev–Trinajstić information content (AvgIpc) is 3.07. The van der Waals surface area contributed by atoms with Gasteiger partial charge in [-0.25, -0.2) is 9.86 Å². The van der Waals surface area contributed by atoms with Crippen LogP contribution in [0.15, 0.2) is 30.3 Å². The van der Waals surface area contributed by atoms with E-state index in [0.717, 1.165) is 5.56 Å². The SMILES string of the molecule is O=CN(CCCCC(=O)N1CCC2(CC1)CN(CC(=O)O)C(=O)O2)OCc1ccccc1. The summed E-state index contributed by atoms with van der Waals surface area (Å²) in [5, 5.41) is 10.1. The second-order valence-corrected chi connectivity index (χ2v) is 8.14. The van der Waals surface area contributed by atoms with Crippen LogP contribution in [0.2, 0.25) is 0 Å². The minimum atomic E-state index is -1.08. The zero-order valence-corrected chi connectivity index (χ0v) is 18.0. The van der Waals surface area contributed by atoms with E-state index in [4.69, 9.17) is 14.7 Å². The lowest BCUT2D eigenvalue weighted by molar-refractivity contribution is -0.177. The Bertz CT molecular complexity index is 809. The molecule has 10 nitrogen and oxygen atoms in total. The van der Waals surface area contributed by atoms with Crippen molar-refractivity contribution in [2.24, 2.45) is 0 Å². The molecule has 2 aliphatic heterocycles. The number of hydrogen-bond donors (Lipinski definition) is 1. The summed E-state index contributed by atoms with van der Waals surface area (Å²) in [6.07, 6.45) is 2.65. The molecule has 0 unspecified atom stereocenters. The van der Waals surface area contributed by atoms with Crippen molar-refractivity contribution in [3.05, 3.63) is 35.9 Å². The van der Waals surface area contributed by atoms with E-state index in [1.807, 2.05) is 30.3 Å². The molecule has 0 aliphatic carbocycles. The van der Waals surface area contributed by atoms with Gasteiger partial charge in [0.2, 0.25) is 12.3 Å². The molecule has 1 N–H and O–H groups in total. The predicted octanol–water partition coefficient (Wildman–Crippen LogP) is 1.64. The first-order valence-electron chi connectivity index (χ1n) is 10.8. The lowest BCUT2D eigenvalue weighted by Crippen LogP contribution is -2.48. The van der Waals surface area contributed by atoms with E-state index in [9.17, 15) is 19.2 Å². The summed E-state index contributed by atoms with van der Waals surface area (Å²) >= 11 is 0. The third-order valence-corrected chi connectivity index (χ3v) is 5.77. The summed E-state index contributed by atoms with van der Waals surface area (Å²) in [6, 6.07) is 9.55. The van der Waals surface area contributed by atoms with Gasteiger partial charge in [-0.05, 0) is 18.4 Å². The number of nitrogens with zero attached hydrogens (tertiary/aromatic N) is 3. The summed E-state index contributed by atoms with van der Waals surface area (Å²) in [5.41, 5.74) is 0.264. The molecule has 0 atom stereocenters. The minimum Gasteiger partial charge on any atom is -0.480 e. The normalized spacial score (nSPS) is 17.3. The molecule has 10 heteroatoms. The monoisotopic (exact) mass is 447 g/mol. The largest absolute Gasteiger partial charge is 0.480 e. The Hall–Kier alpha value is -3.14. The van der Waals surface area contributed by atoms with Crippen molar-refractivity contribution in [2.45, 2.75) is 44.3 Å². The number of carbonyl (C=O) groups excluding carboxylic acids is 3. The van der Waals surface area contributed by atoms with Crippen molar-refractivity contribution >= 4 is 24.4 Å². The lowest BCUT2D eigenvalue weighted by Gasteiger charge is -2.37. The number of hydrogen-bond acceptors (Lipinski definition) is 6. The van der Waals surface area contributed by atoms with Crippen LogP contribution in [-0.2, 0) is 30.6 Å². The number of carboxylic acids is 1. The summed E-state index contributed by atoms with van der Waals surface area (Å²) < 4.78 is 5.46. The number of ether oxygens (including phenoxy) is 1. The van der Waals surface area contributed by atoms with Gasteiger partial charge in [-0.15, -0.1) is 0 Å². The smallest absolute Gasteiger partial charge is 0.411 e. The molecule has 2 fully saturated rings. The van der Waals surface area contributed by atoms with Gasteiger partial charge >= 0.3 is 12.1 Å². The molecule has 1 spiro atoms. The molecule has 174 valence electrons. The van der Waals surface area contributed by atoms with Crippen molar-refractivity contribution < 1.29 is 33.9 Å². The maximum absolute atomic E-state index is 12.5. The second kappa shape index (κ2) is 10.9. The highest BCUT2D eigenvalue weighted by Gasteiger charge is 2.47. The molecule has 2 aliphatic rings. The number of likely N-dealkylation sites (tertiary alicyclic amines) is 1. The van der Waals surface area contributed by atoms with E-state index in [2.05, 4.69) is 0 Å². The maximum Gasteiger partial charge on any atom is 0.411 e. The van der Waals surface area contributed by atoms with Crippen molar-refractivity contribution in [3.63, 3.8) is 0 Å². The van der Waals surface area contributed by atoms with Gasteiger partial charge in [-0.2, -0.15) is 0 Å². The third kappa shape index (κ3) is 6.43. The Labute approximate surface area is 186 Å². The number of aliphatic carboxylic acids is 1. The Kier molecular flexibility index (Phi) is 8.04. The van der Waals surface area contributed by atoms with Gasteiger partial charge in [-0.3, -0.25) is 24.1 Å². The predicted molar refractivity (Wildman–Crippen MR) is 112 cm³/mol. The van der Waals surface area contributed by atoms with Crippen LogP contribution >= 0.6 is 0 Å². The van der Waals surface area contributed by atoms with Gasteiger partial charge in [0.1, 0.15) is 18.8 Å².